The number of hydrogen-bond acceptors (Lipinski definition) is 4. The molecule has 1 fully saturated rings. The van der Waals surface area contributed by atoms with E-state index in [1.54, 1.807) is 26.0 Å². The number of hydrogen-bond donors (Lipinski definition) is 0. The quantitative estimate of drug-likeness (QED) is 0.352. The molecule has 0 N–H and O–H groups in total. The summed E-state index contributed by atoms with van der Waals surface area (Å²) in [6.07, 6.45) is 2.90. The van der Waals surface area contributed by atoms with Crippen LogP contribution in [-0.4, -0.2) is 11.9 Å². The van der Waals surface area contributed by atoms with E-state index in [2.05, 4.69) is 20.1 Å². The predicted octanol–water partition coefficient (Wildman–Crippen LogP) is 6.00. The van der Waals surface area contributed by atoms with Crippen molar-refractivity contribution in [2.45, 2.75) is 51.4 Å². The Labute approximate surface area is 175 Å². The van der Waals surface area contributed by atoms with Gasteiger partial charge in [-0.25, -0.2) is 9.59 Å². The molecular formula is C24H23ClO4. The number of fused-ring (bicyclic) bond motifs is 6. The summed E-state index contributed by atoms with van der Waals surface area (Å²) in [4.78, 5) is 24.9. The zero-order valence-corrected chi connectivity index (χ0v) is 17.6. The minimum absolute atomic E-state index is 0.147. The molecule has 2 aliphatic rings. The van der Waals surface area contributed by atoms with Gasteiger partial charge in [0.15, 0.2) is 0 Å². The van der Waals surface area contributed by atoms with Crippen molar-refractivity contribution in [2.75, 3.05) is 0 Å². The minimum atomic E-state index is -0.493. The molecule has 2 unspecified atom stereocenters. The first-order chi connectivity index (χ1) is 13.6. The van der Waals surface area contributed by atoms with E-state index in [-0.39, 0.29) is 11.3 Å². The second-order valence-electron chi connectivity index (χ2n) is 8.45. The lowest BCUT2D eigenvalue weighted by molar-refractivity contribution is -0.131. The van der Waals surface area contributed by atoms with E-state index in [0.29, 0.717) is 38.4 Å². The van der Waals surface area contributed by atoms with Crippen LogP contribution in [-0.2, 0) is 15.0 Å². The van der Waals surface area contributed by atoms with Crippen molar-refractivity contribution < 1.29 is 19.1 Å². The van der Waals surface area contributed by atoms with Crippen molar-refractivity contribution in [3.63, 3.8) is 0 Å². The van der Waals surface area contributed by atoms with E-state index in [1.807, 2.05) is 6.07 Å². The molecule has 1 saturated carbocycles. The van der Waals surface area contributed by atoms with Gasteiger partial charge in [0, 0.05) is 33.0 Å². The van der Waals surface area contributed by atoms with Crippen LogP contribution in [0.5, 0.6) is 11.5 Å². The van der Waals surface area contributed by atoms with Gasteiger partial charge >= 0.3 is 11.9 Å². The topological polar surface area (TPSA) is 52.6 Å². The zero-order valence-electron chi connectivity index (χ0n) is 16.9. The fourth-order valence-electron chi connectivity index (χ4n) is 4.72. The highest BCUT2D eigenvalue weighted by Gasteiger charge is 2.51. The van der Waals surface area contributed by atoms with Gasteiger partial charge in [-0.15, -0.1) is 0 Å². The lowest BCUT2D eigenvalue weighted by atomic mass is 9.78. The van der Waals surface area contributed by atoms with Crippen LogP contribution in [0.15, 0.2) is 42.5 Å². The standard InChI is InChI=1S/C24H23ClO4/c1-12(2)22(26)28-20-15-7-6-8-16(25)18(15)21(29-23(27)13(3)4)17-14-9-10-24(5,11-14)19(17)20/h6-8,14H,1,3,9-11H2,2,4-5H3. The van der Waals surface area contributed by atoms with Gasteiger partial charge in [-0.3, -0.25) is 0 Å². The molecular weight excluding hydrogens is 388 g/mol. The number of ether oxygens (including phenoxy) is 2. The zero-order chi connectivity index (χ0) is 21.1. The van der Waals surface area contributed by atoms with Gasteiger partial charge in [-0.1, -0.05) is 43.8 Å². The Bertz CT molecular complexity index is 1110. The first kappa shape index (κ1) is 19.7. The van der Waals surface area contributed by atoms with E-state index in [1.165, 1.54) is 0 Å². The molecule has 0 aliphatic heterocycles. The molecule has 0 radical (unpaired) electrons. The summed E-state index contributed by atoms with van der Waals surface area (Å²) in [5.74, 6) is 0.230. The summed E-state index contributed by atoms with van der Waals surface area (Å²) in [5, 5.41) is 1.68. The van der Waals surface area contributed by atoms with E-state index in [4.69, 9.17) is 21.1 Å². The Morgan fingerprint density at radius 2 is 1.72 bits per heavy atom. The second-order valence-corrected chi connectivity index (χ2v) is 8.86. The SMILES string of the molecule is C=C(C)C(=O)Oc1c2c(c(OC(=O)C(=C)C)c3c(Cl)cccc13)C1CCC2(C)C1. The Balaban J connectivity index is 2.08. The maximum Gasteiger partial charge on any atom is 0.338 e. The van der Waals surface area contributed by atoms with Crippen LogP contribution in [0.25, 0.3) is 10.8 Å². The Kier molecular flexibility index (Phi) is 4.58. The summed E-state index contributed by atoms with van der Waals surface area (Å²) < 4.78 is 11.7. The molecule has 2 aromatic rings. The fourth-order valence-corrected chi connectivity index (χ4v) is 4.98. The molecule has 4 rings (SSSR count). The summed E-state index contributed by atoms with van der Waals surface area (Å²) in [5.41, 5.74) is 2.36. The molecule has 0 saturated heterocycles. The van der Waals surface area contributed by atoms with Crippen LogP contribution in [0.4, 0.5) is 0 Å². The highest BCUT2D eigenvalue weighted by molar-refractivity contribution is 6.36. The second kappa shape index (κ2) is 6.74. The van der Waals surface area contributed by atoms with Crippen LogP contribution < -0.4 is 9.47 Å². The Hall–Kier alpha value is -2.59. The maximum absolute atomic E-state index is 12.5. The molecule has 2 atom stereocenters. The van der Waals surface area contributed by atoms with Crippen LogP contribution in [0.2, 0.25) is 5.02 Å². The summed E-state index contributed by atoms with van der Waals surface area (Å²) in [6.45, 7) is 12.8. The number of esters is 2. The lowest BCUT2D eigenvalue weighted by Gasteiger charge is -2.29. The molecule has 5 heteroatoms. The van der Waals surface area contributed by atoms with Crippen LogP contribution in [0.3, 0.4) is 0 Å². The maximum atomic E-state index is 12.5. The molecule has 2 bridgehead atoms. The smallest absolute Gasteiger partial charge is 0.338 e. The van der Waals surface area contributed by atoms with E-state index >= 15 is 0 Å². The third-order valence-corrected chi connectivity index (χ3v) is 6.38. The molecule has 4 nitrogen and oxygen atoms in total. The molecule has 150 valence electrons. The van der Waals surface area contributed by atoms with Gasteiger partial charge in [0.25, 0.3) is 0 Å². The van der Waals surface area contributed by atoms with E-state index < -0.39 is 11.9 Å². The number of benzene rings is 2. The molecule has 0 amide bonds. The van der Waals surface area contributed by atoms with E-state index in [9.17, 15) is 9.59 Å². The highest BCUT2D eigenvalue weighted by atomic mass is 35.5. The van der Waals surface area contributed by atoms with Gasteiger partial charge < -0.3 is 9.47 Å². The van der Waals surface area contributed by atoms with Crippen molar-refractivity contribution >= 4 is 34.3 Å². The molecule has 0 aromatic heterocycles. The average Bonchev–Trinajstić information content (AvgIpc) is 3.18. The lowest BCUT2D eigenvalue weighted by Crippen LogP contribution is -2.21. The monoisotopic (exact) mass is 410 g/mol. The molecule has 2 aromatic carbocycles. The van der Waals surface area contributed by atoms with Crippen molar-refractivity contribution in [1.29, 1.82) is 0 Å². The number of rotatable bonds is 4. The van der Waals surface area contributed by atoms with Gasteiger partial charge in [0.05, 0.1) is 5.02 Å². The highest BCUT2D eigenvalue weighted by Crippen LogP contribution is 2.64. The van der Waals surface area contributed by atoms with Crippen LogP contribution in [0, 0.1) is 0 Å². The molecule has 29 heavy (non-hydrogen) atoms. The Morgan fingerprint density at radius 3 is 2.34 bits per heavy atom. The predicted molar refractivity (Wildman–Crippen MR) is 114 cm³/mol. The number of halogens is 1. The van der Waals surface area contributed by atoms with Gasteiger partial charge in [0.1, 0.15) is 11.5 Å². The summed E-state index contributed by atoms with van der Waals surface area (Å²) in [7, 11) is 0. The fraction of sp³-hybridized carbons (Fsp3) is 0.333. The average molecular weight is 411 g/mol. The first-order valence-corrected chi connectivity index (χ1v) is 10.1. The van der Waals surface area contributed by atoms with Gasteiger partial charge in [-0.05, 0) is 50.5 Å². The van der Waals surface area contributed by atoms with Crippen molar-refractivity contribution in [1.82, 2.24) is 0 Å². The molecule has 0 heterocycles. The Morgan fingerprint density at radius 1 is 1.10 bits per heavy atom. The van der Waals surface area contributed by atoms with Crippen molar-refractivity contribution in [2.24, 2.45) is 0 Å². The summed E-state index contributed by atoms with van der Waals surface area (Å²) in [6, 6.07) is 5.39. The normalized spacial score (nSPS) is 21.7. The van der Waals surface area contributed by atoms with Crippen LogP contribution in [0.1, 0.15) is 57.1 Å². The van der Waals surface area contributed by atoms with Crippen LogP contribution >= 0.6 is 11.6 Å². The molecule has 0 spiro atoms. The van der Waals surface area contributed by atoms with Gasteiger partial charge in [-0.2, -0.15) is 0 Å². The molecule has 2 aliphatic carbocycles. The summed E-state index contributed by atoms with van der Waals surface area (Å²) >= 11 is 6.56. The third-order valence-electron chi connectivity index (χ3n) is 6.07. The number of carbonyl (C=O) groups is 2. The number of carbonyl (C=O) groups excluding carboxylic acids is 2. The first-order valence-electron chi connectivity index (χ1n) is 9.68. The third kappa shape index (κ3) is 2.98. The van der Waals surface area contributed by atoms with Gasteiger partial charge in [0.2, 0.25) is 0 Å². The largest absolute Gasteiger partial charge is 0.422 e. The van der Waals surface area contributed by atoms with E-state index in [0.717, 1.165) is 30.4 Å². The van der Waals surface area contributed by atoms with Crippen molar-refractivity contribution in [3.05, 3.63) is 58.7 Å². The van der Waals surface area contributed by atoms with Crippen molar-refractivity contribution in [3.8, 4) is 11.5 Å². The minimum Gasteiger partial charge on any atom is -0.422 e.